The molecular formula is C10H16BrMgNO. The predicted octanol–water partition coefficient (Wildman–Crippen LogP) is 2.58. The summed E-state index contributed by atoms with van der Waals surface area (Å²) in [7, 11) is 3.98. The zero-order chi connectivity index (χ0) is 9.84. The van der Waals surface area contributed by atoms with Gasteiger partial charge in [-0.1, -0.05) is 15.9 Å². The summed E-state index contributed by atoms with van der Waals surface area (Å²) in [6.45, 7) is 2.02. The minimum atomic E-state index is 0. The zero-order valence-electron chi connectivity index (χ0n) is 10.8. The Labute approximate surface area is 113 Å². The molecule has 4 heteroatoms. The fourth-order valence-corrected chi connectivity index (χ4v) is 1.08. The van der Waals surface area contributed by atoms with Crippen molar-refractivity contribution in [1.82, 2.24) is 4.90 Å². The second-order valence-corrected chi connectivity index (χ2v) is 4.05. The van der Waals surface area contributed by atoms with Gasteiger partial charge in [0.15, 0.2) is 0 Å². The molecule has 0 fully saturated rings. The maximum atomic E-state index is 5.64. The van der Waals surface area contributed by atoms with Gasteiger partial charge < -0.3 is 7.59 Å². The van der Waals surface area contributed by atoms with Crippen molar-refractivity contribution >= 4 is 39.0 Å². The molecular weight excluding hydrogens is 254 g/mol. The van der Waals surface area contributed by atoms with Gasteiger partial charge in [-0.25, -0.2) is 0 Å². The maximum absolute atomic E-state index is 5.64. The molecule has 0 aliphatic rings. The van der Waals surface area contributed by atoms with Crippen LogP contribution < -0.4 is 4.74 Å². The SMILES string of the molecule is CC(Oc1ccc(Br)cc1)N(C)C.[H-].[H-].[Mg+2]. The molecule has 0 aliphatic carbocycles. The van der Waals surface area contributed by atoms with Crippen molar-refractivity contribution in [2.75, 3.05) is 14.1 Å². The van der Waals surface area contributed by atoms with Gasteiger partial charge in [0, 0.05) is 4.47 Å². The summed E-state index contributed by atoms with van der Waals surface area (Å²) in [6.07, 6.45) is 0.0983. The van der Waals surface area contributed by atoms with Gasteiger partial charge >= 0.3 is 23.1 Å². The second-order valence-electron chi connectivity index (χ2n) is 3.13. The molecule has 1 aromatic carbocycles. The van der Waals surface area contributed by atoms with Gasteiger partial charge in [-0.2, -0.15) is 0 Å². The van der Waals surface area contributed by atoms with Crippen molar-refractivity contribution < 1.29 is 7.59 Å². The minimum Gasteiger partial charge on any atom is -1.00 e. The third kappa shape index (κ3) is 4.64. The van der Waals surface area contributed by atoms with Crippen LogP contribution in [0.2, 0.25) is 0 Å². The molecule has 76 valence electrons. The number of rotatable bonds is 3. The van der Waals surface area contributed by atoms with E-state index in [1.165, 1.54) is 0 Å². The molecule has 0 saturated heterocycles. The monoisotopic (exact) mass is 269 g/mol. The molecule has 1 aromatic rings. The number of halogens is 1. The quantitative estimate of drug-likeness (QED) is 0.618. The van der Waals surface area contributed by atoms with E-state index in [1.54, 1.807) is 0 Å². The van der Waals surface area contributed by atoms with Crippen LogP contribution in [0.4, 0.5) is 0 Å². The van der Waals surface area contributed by atoms with Crippen LogP contribution in [0.3, 0.4) is 0 Å². The fraction of sp³-hybridized carbons (Fsp3) is 0.400. The summed E-state index contributed by atoms with van der Waals surface area (Å²) in [5.74, 6) is 0.893. The third-order valence-electron chi connectivity index (χ3n) is 1.85. The molecule has 0 aromatic heterocycles. The molecule has 0 saturated carbocycles. The summed E-state index contributed by atoms with van der Waals surface area (Å²) in [4.78, 5) is 2.02. The molecule has 2 nitrogen and oxygen atoms in total. The van der Waals surface area contributed by atoms with Crippen LogP contribution >= 0.6 is 15.9 Å². The van der Waals surface area contributed by atoms with E-state index in [2.05, 4.69) is 15.9 Å². The Morgan fingerprint density at radius 2 is 1.79 bits per heavy atom. The van der Waals surface area contributed by atoms with Crippen molar-refractivity contribution in [2.45, 2.75) is 13.2 Å². The Kier molecular flexibility index (Phi) is 6.77. The molecule has 0 aliphatic heterocycles. The molecule has 0 spiro atoms. The summed E-state index contributed by atoms with van der Waals surface area (Å²) >= 11 is 3.37. The average molecular weight is 270 g/mol. The summed E-state index contributed by atoms with van der Waals surface area (Å²) in [6, 6.07) is 7.84. The van der Waals surface area contributed by atoms with Crippen molar-refractivity contribution in [3.8, 4) is 5.75 Å². The van der Waals surface area contributed by atoms with Crippen LogP contribution in [0, 0.1) is 0 Å². The van der Waals surface area contributed by atoms with Crippen LogP contribution in [0.25, 0.3) is 0 Å². The summed E-state index contributed by atoms with van der Waals surface area (Å²) in [5.41, 5.74) is 0. The van der Waals surface area contributed by atoms with Gasteiger partial charge in [-0.15, -0.1) is 0 Å². The van der Waals surface area contributed by atoms with Gasteiger partial charge in [0.05, 0.1) is 0 Å². The second kappa shape index (κ2) is 6.66. The van der Waals surface area contributed by atoms with E-state index >= 15 is 0 Å². The Morgan fingerprint density at radius 1 is 1.29 bits per heavy atom. The topological polar surface area (TPSA) is 12.5 Å². The first-order chi connectivity index (χ1) is 6.09. The van der Waals surface area contributed by atoms with Crippen LogP contribution in [0.5, 0.6) is 5.75 Å². The molecule has 0 heterocycles. The molecule has 14 heavy (non-hydrogen) atoms. The molecule has 1 rings (SSSR count). The van der Waals surface area contributed by atoms with E-state index in [4.69, 9.17) is 4.74 Å². The van der Waals surface area contributed by atoms with Crippen molar-refractivity contribution in [1.29, 1.82) is 0 Å². The number of hydrogen-bond acceptors (Lipinski definition) is 2. The minimum absolute atomic E-state index is 0. The average Bonchev–Trinajstić information content (AvgIpc) is 2.08. The van der Waals surface area contributed by atoms with Gasteiger partial charge in [-0.05, 0) is 45.3 Å². The van der Waals surface area contributed by atoms with E-state index in [0.29, 0.717) is 0 Å². The molecule has 1 atom stereocenters. The van der Waals surface area contributed by atoms with Crippen molar-refractivity contribution in [2.24, 2.45) is 0 Å². The van der Waals surface area contributed by atoms with Crippen LogP contribution in [-0.4, -0.2) is 48.3 Å². The first-order valence-corrected chi connectivity index (χ1v) is 4.97. The first-order valence-electron chi connectivity index (χ1n) is 4.18. The summed E-state index contributed by atoms with van der Waals surface area (Å²) < 4.78 is 6.70. The number of ether oxygens (including phenoxy) is 1. The fourth-order valence-electron chi connectivity index (χ4n) is 0.816. The van der Waals surface area contributed by atoms with Gasteiger partial charge in [-0.3, -0.25) is 4.90 Å². The Balaban J connectivity index is -0.000000563. The smallest absolute Gasteiger partial charge is 1.00 e. The van der Waals surface area contributed by atoms with Crippen LogP contribution in [0.15, 0.2) is 28.7 Å². The Morgan fingerprint density at radius 3 is 2.21 bits per heavy atom. The van der Waals surface area contributed by atoms with E-state index in [1.807, 2.05) is 50.2 Å². The first kappa shape index (κ1) is 14.2. The molecule has 0 radical (unpaired) electrons. The predicted molar refractivity (Wildman–Crippen MR) is 65.9 cm³/mol. The standard InChI is InChI=1S/C10H14BrNO.Mg.2H/c1-8(12(2)3)13-10-6-4-9(11)5-7-10;;;/h4-8H,1-3H3;;;/q;+2;2*-1. The largest absolute Gasteiger partial charge is 2.00 e. The summed E-state index contributed by atoms with van der Waals surface area (Å²) in [5, 5.41) is 0. The molecule has 0 bridgehead atoms. The van der Waals surface area contributed by atoms with Crippen molar-refractivity contribution in [3.05, 3.63) is 28.7 Å². The molecule has 0 N–H and O–H groups in total. The van der Waals surface area contributed by atoms with Gasteiger partial charge in [0.1, 0.15) is 12.0 Å². The van der Waals surface area contributed by atoms with E-state index in [9.17, 15) is 0 Å². The van der Waals surface area contributed by atoms with Crippen LogP contribution in [-0.2, 0) is 0 Å². The van der Waals surface area contributed by atoms with E-state index in [-0.39, 0.29) is 32.1 Å². The molecule has 1 unspecified atom stereocenters. The third-order valence-corrected chi connectivity index (χ3v) is 2.38. The van der Waals surface area contributed by atoms with E-state index < -0.39 is 0 Å². The molecule has 0 amide bonds. The number of benzene rings is 1. The normalized spacial score (nSPS) is 12.1. The number of hydrogen-bond donors (Lipinski definition) is 0. The van der Waals surface area contributed by atoms with Gasteiger partial charge in [0.2, 0.25) is 0 Å². The van der Waals surface area contributed by atoms with Gasteiger partial charge in [0.25, 0.3) is 0 Å². The Hall–Kier alpha value is 0.226. The van der Waals surface area contributed by atoms with E-state index in [0.717, 1.165) is 10.2 Å². The van der Waals surface area contributed by atoms with Crippen molar-refractivity contribution in [3.63, 3.8) is 0 Å². The Bertz CT molecular complexity index is 272. The number of nitrogens with zero attached hydrogens (tertiary/aromatic N) is 1. The zero-order valence-corrected chi connectivity index (χ0v) is 11.8. The van der Waals surface area contributed by atoms with Crippen LogP contribution in [0.1, 0.15) is 9.78 Å². The maximum Gasteiger partial charge on any atom is 2.00 e.